The Morgan fingerprint density at radius 1 is 1.42 bits per heavy atom. The number of hydrogen-bond acceptors (Lipinski definition) is 4. The van der Waals surface area contributed by atoms with Crippen LogP contribution in [0.25, 0.3) is 0 Å². The van der Waals surface area contributed by atoms with Crippen LogP contribution in [0.1, 0.15) is 13.3 Å². The number of nitrogens with zero attached hydrogens (tertiary/aromatic N) is 1. The molecule has 0 radical (unpaired) electrons. The molecule has 0 bridgehead atoms. The second kappa shape index (κ2) is 5.16. The molecule has 1 unspecified atom stereocenters. The highest BCUT2D eigenvalue weighted by Gasteiger charge is 2.33. The van der Waals surface area contributed by atoms with E-state index in [0.29, 0.717) is 6.07 Å². The van der Waals surface area contributed by atoms with Gasteiger partial charge in [-0.25, -0.2) is 8.78 Å². The number of phenolic OH excluding ortho intramolecular Hbond substituents is 1. The first-order valence-corrected chi connectivity index (χ1v) is 6.42. The van der Waals surface area contributed by atoms with Crippen LogP contribution in [-0.2, 0) is 9.59 Å². The molecule has 7 heteroatoms. The van der Waals surface area contributed by atoms with Crippen LogP contribution >= 0.6 is 11.8 Å². The van der Waals surface area contributed by atoms with Gasteiger partial charge >= 0.3 is 0 Å². The number of carbonyl (C=O) groups excluding carboxylic acids is 2. The summed E-state index contributed by atoms with van der Waals surface area (Å²) < 4.78 is 26.6. The maximum atomic E-state index is 13.6. The summed E-state index contributed by atoms with van der Waals surface area (Å²) in [6, 6.07) is 1.41. The van der Waals surface area contributed by atoms with Crippen LogP contribution in [0.5, 0.6) is 5.75 Å². The Balaban J connectivity index is 2.25. The fourth-order valence-electron chi connectivity index (χ4n) is 1.95. The van der Waals surface area contributed by atoms with Crippen LogP contribution in [-0.4, -0.2) is 27.9 Å². The van der Waals surface area contributed by atoms with Crippen molar-refractivity contribution < 1.29 is 23.5 Å². The van der Waals surface area contributed by atoms with Gasteiger partial charge in [-0.05, 0) is 0 Å². The molecule has 1 aliphatic rings. The lowest BCUT2D eigenvalue weighted by molar-refractivity contribution is -0.117. The van der Waals surface area contributed by atoms with E-state index in [-0.39, 0.29) is 34.9 Å². The molecule has 0 aromatic heterocycles. The zero-order valence-corrected chi connectivity index (χ0v) is 10.8. The predicted molar refractivity (Wildman–Crippen MR) is 67.1 cm³/mol. The van der Waals surface area contributed by atoms with Gasteiger partial charge in [-0.3, -0.25) is 9.59 Å². The van der Waals surface area contributed by atoms with E-state index in [0.717, 1.165) is 22.7 Å². The van der Waals surface area contributed by atoms with Gasteiger partial charge in [0.05, 0.1) is 5.69 Å². The average Bonchev–Trinajstić information content (AvgIpc) is 2.63. The minimum Gasteiger partial charge on any atom is -0.505 e. The van der Waals surface area contributed by atoms with Crippen molar-refractivity contribution >= 4 is 28.5 Å². The molecule has 1 aliphatic heterocycles. The average molecular weight is 287 g/mol. The number of amides is 1. The van der Waals surface area contributed by atoms with Crippen molar-refractivity contribution in [2.45, 2.75) is 18.6 Å². The highest BCUT2D eigenvalue weighted by Crippen LogP contribution is 2.33. The first-order chi connectivity index (χ1) is 8.88. The summed E-state index contributed by atoms with van der Waals surface area (Å²) in [4.78, 5) is 23.9. The third kappa shape index (κ3) is 2.86. The molecule has 4 nitrogen and oxygen atoms in total. The van der Waals surface area contributed by atoms with Crippen molar-refractivity contribution in [2.75, 3.05) is 11.4 Å². The minimum atomic E-state index is -1.08. The highest BCUT2D eigenvalue weighted by molar-refractivity contribution is 8.14. The number of anilines is 1. The molecule has 1 aromatic carbocycles. The standard InChI is InChI=1S/C12H11F2NO3S/c1-6(16)19-7-2-12(18)15(5-7)10-4-11(17)9(14)3-8(10)13/h3-4,7,17H,2,5H2,1H3. The monoisotopic (exact) mass is 287 g/mol. The van der Waals surface area contributed by atoms with Crippen LogP contribution in [0.15, 0.2) is 12.1 Å². The van der Waals surface area contributed by atoms with Gasteiger partial charge in [0.15, 0.2) is 16.7 Å². The van der Waals surface area contributed by atoms with Gasteiger partial charge in [-0.2, -0.15) is 0 Å². The minimum absolute atomic E-state index is 0.113. The normalized spacial score (nSPS) is 19.0. The van der Waals surface area contributed by atoms with Crippen LogP contribution in [0.2, 0.25) is 0 Å². The summed E-state index contributed by atoms with van der Waals surface area (Å²) in [6.45, 7) is 1.55. The number of carbonyl (C=O) groups is 2. The molecule has 0 saturated carbocycles. The maximum Gasteiger partial charge on any atom is 0.228 e. The predicted octanol–water partition coefficient (Wildman–Crippen LogP) is 2.06. The molecule has 102 valence electrons. The van der Waals surface area contributed by atoms with Gasteiger partial charge in [-0.15, -0.1) is 0 Å². The van der Waals surface area contributed by atoms with E-state index >= 15 is 0 Å². The Kier molecular flexibility index (Phi) is 3.75. The molecule has 19 heavy (non-hydrogen) atoms. The zero-order valence-electron chi connectivity index (χ0n) is 10.0. The van der Waals surface area contributed by atoms with Gasteiger partial charge in [0.1, 0.15) is 5.82 Å². The Labute approximate surface area is 112 Å². The van der Waals surface area contributed by atoms with Crippen molar-refractivity contribution in [3.63, 3.8) is 0 Å². The van der Waals surface area contributed by atoms with E-state index in [9.17, 15) is 23.5 Å². The second-order valence-corrected chi connectivity index (χ2v) is 5.67. The van der Waals surface area contributed by atoms with E-state index < -0.39 is 17.4 Å². The first kappa shape index (κ1) is 13.8. The third-order valence-corrected chi connectivity index (χ3v) is 3.71. The lowest BCUT2D eigenvalue weighted by atomic mass is 10.2. The second-order valence-electron chi connectivity index (χ2n) is 4.19. The number of phenols is 1. The van der Waals surface area contributed by atoms with Crippen LogP contribution in [0.3, 0.4) is 0 Å². The van der Waals surface area contributed by atoms with Crippen molar-refractivity contribution in [1.82, 2.24) is 0 Å². The summed E-state index contributed by atoms with van der Waals surface area (Å²) in [5.41, 5.74) is -0.171. The lowest BCUT2D eigenvalue weighted by Crippen LogP contribution is -2.26. The topological polar surface area (TPSA) is 57.6 Å². The Hall–Kier alpha value is -1.63. The van der Waals surface area contributed by atoms with E-state index in [1.165, 1.54) is 6.92 Å². The van der Waals surface area contributed by atoms with Crippen molar-refractivity contribution in [2.24, 2.45) is 0 Å². The van der Waals surface area contributed by atoms with Gasteiger partial charge in [0.2, 0.25) is 5.91 Å². The molecular formula is C12H11F2NO3S. The first-order valence-electron chi connectivity index (χ1n) is 5.54. The molecule has 0 aliphatic carbocycles. The zero-order chi connectivity index (χ0) is 14.2. The number of halogens is 2. The van der Waals surface area contributed by atoms with Crippen molar-refractivity contribution in [3.05, 3.63) is 23.8 Å². The third-order valence-electron chi connectivity index (χ3n) is 2.73. The number of benzene rings is 1. The Bertz CT molecular complexity index is 550. The summed E-state index contributed by atoms with van der Waals surface area (Å²) in [5, 5.41) is 8.87. The maximum absolute atomic E-state index is 13.6. The smallest absolute Gasteiger partial charge is 0.228 e. The Morgan fingerprint density at radius 3 is 2.74 bits per heavy atom. The fraction of sp³-hybridized carbons (Fsp3) is 0.333. The van der Waals surface area contributed by atoms with Gasteiger partial charge < -0.3 is 10.0 Å². The number of thioether (sulfide) groups is 1. The molecule has 1 fully saturated rings. The number of aromatic hydroxyl groups is 1. The summed E-state index contributed by atoms with van der Waals surface area (Å²) >= 11 is 1.02. The van der Waals surface area contributed by atoms with Crippen molar-refractivity contribution in [1.29, 1.82) is 0 Å². The Morgan fingerprint density at radius 2 is 2.11 bits per heavy atom. The highest BCUT2D eigenvalue weighted by atomic mass is 32.2. The van der Waals surface area contributed by atoms with Crippen LogP contribution in [0, 0.1) is 11.6 Å². The molecule has 1 atom stereocenters. The molecule has 1 amide bonds. The van der Waals surface area contributed by atoms with Gasteiger partial charge in [0, 0.05) is 37.3 Å². The molecule has 2 rings (SSSR count). The fourth-order valence-corrected chi connectivity index (χ4v) is 2.87. The molecule has 1 aromatic rings. The van der Waals surface area contributed by atoms with Crippen LogP contribution < -0.4 is 4.90 Å². The molecule has 1 heterocycles. The van der Waals surface area contributed by atoms with Gasteiger partial charge in [0.25, 0.3) is 0 Å². The number of rotatable bonds is 2. The van der Waals surface area contributed by atoms with E-state index in [1.807, 2.05) is 0 Å². The molecule has 1 saturated heterocycles. The van der Waals surface area contributed by atoms with E-state index in [1.54, 1.807) is 0 Å². The SMILES string of the molecule is CC(=O)SC1CC(=O)N(c2cc(O)c(F)cc2F)C1. The summed E-state index contributed by atoms with van der Waals surface area (Å²) in [6.07, 6.45) is 0.113. The summed E-state index contributed by atoms with van der Waals surface area (Å²) in [7, 11) is 0. The van der Waals surface area contributed by atoms with Crippen molar-refractivity contribution in [3.8, 4) is 5.75 Å². The lowest BCUT2D eigenvalue weighted by Gasteiger charge is -2.17. The number of hydrogen-bond donors (Lipinski definition) is 1. The molecule has 0 spiro atoms. The quantitative estimate of drug-likeness (QED) is 0.904. The largest absolute Gasteiger partial charge is 0.505 e. The van der Waals surface area contributed by atoms with Gasteiger partial charge in [-0.1, -0.05) is 11.8 Å². The van der Waals surface area contributed by atoms with Crippen LogP contribution in [0.4, 0.5) is 14.5 Å². The summed E-state index contributed by atoms with van der Waals surface area (Å²) in [5.74, 6) is -3.07. The molecule has 1 N–H and O–H groups in total. The van der Waals surface area contributed by atoms with E-state index in [2.05, 4.69) is 0 Å². The molecular weight excluding hydrogens is 276 g/mol. The van der Waals surface area contributed by atoms with E-state index in [4.69, 9.17) is 0 Å².